The second-order valence-corrected chi connectivity index (χ2v) is 5.29. The van der Waals surface area contributed by atoms with E-state index in [2.05, 4.69) is 17.2 Å². The Bertz CT molecular complexity index is 475. The van der Waals surface area contributed by atoms with Crippen LogP contribution in [0, 0.1) is 17.3 Å². The van der Waals surface area contributed by atoms with Crippen molar-refractivity contribution in [3.8, 4) is 11.8 Å². The average Bonchev–Trinajstić information content (AvgIpc) is 2.25. The first-order valence-corrected chi connectivity index (χ1v) is 5.91. The van der Waals surface area contributed by atoms with Crippen molar-refractivity contribution in [3.05, 3.63) is 29.8 Å². The SMILES string of the molecule is CC(C)(C)CC(=O)Nc1ccccc1C#CCO. The zero-order valence-electron chi connectivity index (χ0n) is 11.1. The van der Waals surface area contributed by atoms with Crippen molar-refractivity contribution in [1.82, 2.24) is 0 Å². The molecule has 0 bridgehead atoms. The summed E-state index contributed by atoms with van der Waals surface area (Å²) in [6, 6.07) is 7.31. The lowest BCUT2D eigenvalue weighted by molar-refractivity contribution is -0.117. The van der Waals surface area contributed by atoms with Crippen LogP contribution in [-0.4, -0.2) is 17.6 Å². The normalized spacial score (nSPS) is 10.4. The van der Waals surface area contributed by atoms with Gasteiger partial charge < -0.3 is 10.4 Å². The van der Waals surface area contributed by atoms with E-state index in [4.69, 9.17) is 5.11 Å². The van der Waals surface area contributed by atoms with Crippen LogP contribution < -0.4 is 5.32 Å². The maximum absolute atomic E-state index is 11.8. The molecule has 0 aromatic heterocycles. The van der Waals surface area contributed by atoms with E-state index in [1.807, 2.05) is 45.0 Å². The molecule has 18 heavy (non-hydrogen) atoms. The number of rotatable bonds is 2. The monoisotopic (exact) mass is 245 g/mol. The fourth-order valence-electron chi connectivity index (χ4n) is 1.51. The molecule has 0 aliphatic carbocycles. The molecule has 0 atom stereocenters. The van der Waals surface area contributed by atoms with Gasteiger partial charge in [-0.05, 0) is 17.5 Å². The van der Waals surface area contributed by atoms with Crippen LogP contribution in [0.2, 0.25) is 0 Å². The highest BCUT2D eigenvalue weighted by Gasteiger charge is 2.16. The van der Waals surface area contributed by atoms with Crippen molar-refractivity contribution in [2.75, 3.05) is 11.9 Å². The van der Waals surface area contributed by atoms with Crippen LogP contribution in [0.1, 0.15) is 32.8 Å². The summed E-state index contributed by atoms with van der Waals surface area (Å²) in [4.78, 5) is 11.8. The molecule has 96 valence electrons. The van der Waals surface area contributed by atoms with Gasteiger partial charge in [0.25, 0.3) is 0 Å². The number of para-hydroxylation sites is 1. The van der Waals surface area contributed by atoms with Gasteiger partial charge in [0, 0.05) is 12.0 Å². The smallest absolute Gasteiger partial charge is 0.224 e. The molecular formula is C15H19NO2. The topological polar surface area (TPSA) is 49.3 Å². The highest BCUT2D eigenvalue weighted by Crippen LogP contribution is 2.20. The number of hydrogen-bond acceptors (Lipinski definition) is 2. The maximum atomic E-state index is 11.8. The zero-order chi connectivity index (χ0) is 13.6. The summed E-state index contributed by atoms with van der Waals surface area (Å²) in [5.74, 6) is 5.37. The zero-order valence-corrected chi connectivity index (χ0v) is 11.1. The Morgan fingerprint density at radius 1 is 1.33 bits per heavy atom. The quantitative estimate of drug-likeness (QED) is 0.786. The van der Waals surface area contributed by atoms with Gasteiger partial charge in [-0.1, -0.05) is 44.7 Å². The summed E-state index contributed by atoms with van der Waals surface area (Å²) < 4.78 is 0. The Hall–Kier alpha value is -1.79. The molecule has 0 spiro atoms. The Morgan fingerprint density at radius 3 is 2.61 bits per heavy atom. The summed E-state index contributed by atoms with van der Waals surface area (Å²) in [6.45, 7) is 5.86. The third kappa shape index (κ3) is 5.03. The van der Waals surface area contributed by atoms with Gasteiger partial charge in [-0.3, -0.25) is 4.79 Å². The van der Waals surface area contributed by atoms with Gasteiger partial charge in [-0.15, -0.1) is 0 Å². The first kappa shape index (κ1) is 14.3. The van der Waals surface area contributed by atoms with Gasteiger partial charge in [0.05, 0.1) is 5.69 Å². The Kier molecular flexibility index (Phi) is 4.94. The van der Waals surface area contributed by atoms with E-state index in [1.54, 1.807) is 0 Å². The molecule has 2 N–H and O–H groups in total. The largest absolute Gasteiger partial charge is 0.384 e. The third-order valence-corrected chi connectivity index (χ3v) is 2.19. The number of carbonyl (C=O) groups excluding carboxylic acids is 1. The number of nitrogens with one attached hydrogen (secondary N) is 1. The van der Waals surface area contributed by atoms with E-state index in [0.29, 0.717) is 17.7 Å². The third-order valence-electron chi connectivity index (χ3n) is 2.19. The molecule has 0 fully saturated rings. The molecule has 1 rings (SSSR count). The van der Waals surface area contributed by atoms with Gasteiger partial charge in [0.2, 0.25) is 5.91 Å². The molecule has 1 amide bonds. The fraction of sp³-hybridized carbons (Fsp3) is 0.400. The van der Waals surface area contributed by atoms with Crippen molar-refractivity contribution in [3.63, 3.8) is 0 Å². The highest BCUT2D eigenvalue weighted by molar-refractivity contribution is 5.92. The number of hydrogen-bond donors (Lipinski definition) is 2. The van der Waals surface area contributed by atoms with Crippen molar-refractivity contribution < 1.29 is 9.90 Å². The summed E-state index contributed by atoms with van der Waals surface area (Å²) in [5.41, 5.74) is 1.36. The number of carbonyl (C=O) groups is 1. The van der Waals surface area contributed by atoms with Gasteiger partial charge in [-0.25, -0.2) is 0 Å². The predicted octanol–water partition coefficient (Wildman–Crippen LogP) is 2.41. The summed E-state index contributed by atoms with van der Waals surface area (Å²) in [6.07, 6.45) is 0.453. The Balaban J connectivity index is 2.81. The summed E-state index contributed by atoms with van der Waals surface area (Å²) in [5, 5.41) is 11.5. The lowest BCUT2D eigenvalue weighted by Gasteiger charge is -2.17. The minimum atomic E-state index is -0.190. The van der Waals surface area contributed by atoms with Crippen LogP contribution in [0.4, 0.5) is 5.69 Å². The van der Waals surface area contributed by atoms with Crippen LogP contribution in [-0.2, 0) is 4.79 Å². The number of amides is 1. The van der Waals surface area contributed by atoms with Crippen molar-refractivity contribution in [2.24, 2.45) is 5.41 Å². The van der Waals surface area contributed by atoms with Gasteiger partial charge in [0.15, 0.2) is 0 Å². The minimum Gasteiger partial charge on any atom is -0.384 e. The van der Waals surface area contributed by atoms with Crippen LogP contribution in [0.5, 0.6) is 0 Å². The molecule has 0 aliphatic heterocycles. The molecule has 1 aromatic rings. The van der Waals surface area contributed by atoms with E-state index in [-0.39, 0.29) is 17.9 Å². The van der Waals surface area contributed by atoms with Gasteiger partial charge in [0.1, 0.15) is 6.61 Å². The Labute approximate surface area is 108 Å². The number of aliphatic hydroxyl groups excluding tert-OH is 1. The predicted molar refractivity (Wildman–Crippen MR) is 73.1 cm³/mol. The molecule has 0 unspecified atom stereocenters. The van der Waals surface area contributed by atoms with E-state index in [9.17, 15) is 4.79 Å². The van der Waals surface area contributed by atoms with Gasteiger partial charge in [-0.2, -0.15) is 0 Å². The first-order chi connectivity index (χ1) is 8.42. The molecule has 0 heterocycles. The molecule has 0 saturated carbocycles. The fourth-order valence-corrected chi connectivity index (χ4v) is 1.51. The van der Waals surface area contributed by atoms with Crippen molar-refractivity contribution in [2.45, 2.75) is 27.2 Å². The van der Waals surface area contributed by atoms with Crippen LogP contribution in [0.15, 0.2) is 24.3 Å². The highest BCUT2D eigenvalue weighted by atomic mass is 16.2. The first-order valence-electron chi connectivity index (χ1n) is 5.91. The van der Waals surface area contributed by atoms with E-state index >= 15 is 0 Å². The molecule has 0 radical (unpaired) electrons. The molecule has 0 aliphatic rings. The minimum absolute atomic E-state index is 0.0271. The lowest BCUT2D eigenvalue weighted by Crippen LogP contribution is -2.20. The van der Waals surface area contributed by atoms with Crippen LogP contribution in [0.25, 0.3) is 0 Å². The molecule has 3 nitrogen and oxygen atoms in total. The van der Waals surface area contributed by atoms with E-state index in [0.717, 1.165) is 0 Å². The Morgan fingerprint density at radius 2 is 2.00 bits per heavy atom. The molecular weight excluding hydrogens is 226 g/mol. The summed E-state index contributed by atoms with van der Waals surface area (Å²) >= 11 is 0. The van der Waals surface area contributed by atoms with Gasteiger partial charge >= 0.3 is 0 Å². The average molecular weight is 245 g/mol. The number of aliphatic hydroxyl groups is 1. The second-order valence-electron chi connectivity index (χ2n) is 5.29. The van der Waals surface area contributed by atoms with Crippen LogP contribution in [0.3, 0.4) is 0 Å². The second kappa shape index (κ2) is 6.23. The number of anilines is 1. The van der Waals surface area contributed by atoms with E-state index < -0.39 is 0 Å². The van der Waals surface area contributed by atoms with Crippen LogP contribution >= 0.6 is 0 Å². The standard InChI is InChI=1S/C15H19NO2/c1-15(2,3)11-14(18)16-13-9-5-4-7-12(13)8-6-10-17/h4-5,7,9,17H,10-11H2,1-3H3,(H,16,18). The molecule has 1 aromatic carbocycles. The molecule has 3 heteroatoms. The van der Waals surface area contributed by atoms with E-state index in [1.165, 1.54) is 0 Å². The lowest BCUT2D eigenvalue weighted by atomic mass is 9.92. The number of benzene rings is 1. The maximum Gasteiger partial charge on any atom is 0.224 e. The summed E-state index contributed by atoms with van der Waals surface area (Å²) in [7, 11) is 0. The molecule has 0 saturated heterocycles. The van der Waals surface area contributed by atoms with Crippen molar-refractivity contribution >= 4 is 11.6 Å². The van der Waals surface area contributed by atoms with Crippen molar-refractivity contribution in [1.29, 1.82) is 0 Å².